The standard InChI is InChI=1S/C22H29FN4O4/c1-2-10-25-12-8-22(9-13-25)20(29)27(21(30)24-22)16-7-11-26(14-16)19(28)15-31-18-6-4-3-5-17(18)23/h3-6,16H,2,7-15H2,1H3,(H,24,30). The van der Waals surface area contributed by atoms with Crippen molar-refractivity contribution in [1.29, 1.82) is 0 Å². The van der Waals surface area contributed by atoms with Crippen LogP contribution in [0.15, 0.2) is 24.3 Å². The molecule has 3 aliphatic heterocycles. The van der Waals surface area contributed by atoms with E-state index in [-0.39, 0.29) is 42.8 Å². The molecule has 1 N–H and O–H groups in total. The Hall–Kier alpha value is -2.68. The van der Waals surface area contributed by atoms with E-state index < -0.39 is 11.4 Å². The quantitative estimate of drug-likeness (QED) is 0.691. The van der Waals surface area contributed by atoms with Gasteiger partial charge in [-0.3, -0.25) is 14.5 Å². The van der Waals surface area contributed by atoms with Gasteiger partial charge in [0.2, 0.25) is 0 Å². The number of halogens is 1. The molecule has 8 nitrogen and oxygen atoms in total. The van der Waals surface area contributed by atoms with Crippen LogP contribution in [0.1, 0.15) is 32.6 Å². The third kappa shape index (κ3) is 4.23. The molecule has 3 heterocycles. The van der Waals surface area contributed by atoms with Crippen LogP contribution < -0.4 is 10.1 Å². The van der Waals surface area contributed by atoms with Crippen LogP contribution in [0.5, 0.6) is 5.75 Å². The Kier molecular flexibility index (Phi) is 6.13. The van der Waals surface area contributed by atoms with Crippen LogP contribution >= 0.6 is 0 Å². The fourth-order valence-electron chi connectivity index (χ4n) is 4.76. The van der Waals surface area contributed by atoms with E-state index in [1.165, 1.54) is 17.0 Å². The largest absolute Gasteiger partial charge is 0.481 e. The average molecular weight is 432 g/mol. The molecule has 3 fully saturated rings. The summed E-state index contributed by atoms with van der Waals surface area (Å²) in [7, 11) is 0. The summed E-state index contributed by atoms with van der Waals surface area (Å²) in [5.74, 6) is -0.961. The Morgan fingerprint density at radius 3 is 2.68 bits per heavy atom. The smallest absolute Gasteiger partial charge is 0.325 e. The number of imide groups is 1. The molecule has 0 aliphatic carbocycles. The highest BCUT2D eigenvalue weighted by atomic mass is 19.1. The third-order valence-electron chi connectivity index (χ3n) is 6.51. The fourth-order valence-corrected chi connectivity index (χ4v) is 4.76. The van der Waals surface area contributed by atoms with E-state index in [2.05, 4.69) is 17.1 Å². The molecule has 31 heavy (non-hydrogen) atoms. The maximum Gasteiger partial charge on any atom is 0.325 e. The van der Waals surface area contributed by atoms with Crippen molar-refractivity contribution < 1.29 is 23.5 Å². The number of ether oxygens (including phenoxy) is 1. The Bertz CT molecular complexity index is 856. The minimum absolute atomic E-state index is 0.0250. The van der Waals surface area contributed by atoms with Crippen molar-refractivity contribution in [1.82, 2.24) is 20.0 Å². The summed E-state index contributed by atoms with van der Waals surface area (Å²) in [5, 5.41) is 2.95. The van der Waals surface area contributed by atoms with Crippen molar-refractivity contribution in [2.75, 3.05) is 39.3 Å². The molecule has 4 rings (SSSR count). The molecule has 1 atom stereocenters. The van der Waals surface area contributed by atoms with Crippen molar-refractivity contribution in [2.24, 2.45) is 0 Å². The zero-order chi connectivity index (χ0) is 22.0. The number of hydrogen-bond donors (Lipinski definition) is 1. The number of nitrogens with zero attached hydrogens (tertiary/aromatic N) is 3. The molecule has 168 valence electrons. The number of carbonyl (C=O) groups is 3. The van der Waals surface area contributed by atoms with Crippen LogP contribution in [0.25, 0.3) is 0 Å². The zero-order valence-corrected chi connectivity index (χ0v) is 17.8. The van der Waals surface area contributed by atoms with E-state index in [1.807, 2.05) is 0 Å². The van der Waals surface area contributed by atoms with Gasteiger partial charge in [-0.15, -0.1) is 0 Å². The second-order valence-electron chi connectivity index (χ2n) is 8.53. The first kappa shape index (κ1) is 21.5. The SMILES string of the molecule is CCCN1CCC2(CC1)NC(=O)N(C1CCN(C(=O)COc3ccccc3F)C1)C2=O. The van der Waals surface area contributed by atoms with Gasteiger partial charge in [0.25, 0.3) is 11.8 Å². The third-order valence-corrected chi connectivity index (χ3v) is 6.51. The lowest BCUT2D eigenvalue weighted by Gasteiger charge is -2.37. The monoisotopic (exact) mass is 432 g/mol. The van der Waals surface area contributed by atoms with Gasteiger partial charge in [-0.05, 0) is 44.4 Å². The average Bonchev–Trinajstić information content (AvgIpc) is 3.32. The highest BCUT2D eigenvalue weighted by molar-refractivity contribution is 6.07. The number of likely N-dealkylation sites (tertiary alicyclic amines) is 2. The van der Waals surface area contributed by atoms with E-state index in [0.717, 1.165) is 26.1 Å². The Morgan fingerprint density at radius 2 is 1.97 bits per heavy atom. The van der Waals surface area contributed by atoms with E-state index in [0.29, 0.717) is 25.8 Å². The minimum Gasteiger partial charge on any atom is -0.481 e. The number of piperidine rings is 1. The molecule has 3 aliphatic rings. The molecule has 0 aromatic heterocycles. The van der Waals surface area contributed by atoms with Crippen molar-refractivity contribution >= 4 is 17.8 Å². The van der Waals surface area contributed by atoms with Crippen molar-refractivity contribution in [3.63, 3.8) is 0 Å². The second-order valence-corrected chi connectivity index (χ2v) is 8.53. The molecule has 1 aromatic rings. The van der Waals surface area contributed by atoms with Gasteiger partial charge in [0, 0.05) is 26.2 Å². The first-order valence-corrected chi connectivity index (χ1v) is 11.0. The van der Waals surface area contributed by atoms with Crippen LogP contribution in [0, 0.1) is 5.82 Å². The van der Waals surface area contributed by atoms with E-state index in [1.54, 1.807) is 17.0 Å². The van der Waals surface area contributed by atoms with Gasteiger partial charge >= 0.3 is 6.03 Å². The van der Waals surface area contributed by atoms with Crippen molar-refractivity contribution in [2.45, 2.75) is 44.2 Å². The van der Waals surface area contributed by atoms with Gasteiger partial charge in [0.05, 0.1) is 6.04 Å². The minimum atomic E-state index is -0.813. The summed E-state index contributed by atoms with van der Waals surface area (Å²) in [6.45, 7) is 5.12. The van der Waals surface area contributed by atoms with Crippen molar-refractivity contribution in [3.05, 3.63) is 30.1 Å². The van der Waals surface area contributed by atoms with E-state index in [9.17, 15) is 18.8 Å². The number of rotatable bonds is 6. The Balaban J connectivity index is 1.33. The predicted octanol–water partition coefficient (Wildman–Crippen LogP) is 1.60. The number of urea groups is 1. The molecular weight excluding hydrogens is 403 g/mol. The number of para-hydroxylation sites is 1. The topological polar surface area (TPSA) is 82.2 Å². The lowest BCUT2D eigenvalue weighted by Crippen LogP contribution is -2.55. The summed E-state index contributed by atoms with van der Waals surface area (Å²) < 4.78 is 19.0. The number of nitrogens with one attached hydrogen (secondary N) is 1. The maximum atomic E-state index is 13.7. The number of carbonyl (C=O) groups excluding carboxylic acids is 3. The van der Waals surface area contributed by atoms with Crippen molar-refractivity contribution in [3.8, 4) is 5.75 Å². The highest BCUT2D eigenvalue weighted by Crippen LogP contribution is 2.32. The van der Waals surface area contributed by atoms with Crippen LogP contribution in [-0.2, 0) is 9.59 Å². The van der Waals surface area contributed by atoms with Gasteiger partial charge in [-0.25, -0.2) is 9.18 Å². The summed E-state index contributed by atoms with van der Waals surface area (Å²) >= 11 is 0. The first-order chi connectivity index (χ1) is 14.9. The van der Waals surface area contributed by atoms with Crippen LogP contribution in [-0.4, -0.2) is 83.5 Å². The summed E-state index contributed by atoms with van der Waals surface area (Å²) in [4.78, 5) is 43.6. The maximum absolute atomic E-state index is 13.7. The zero-order valence-electron chi connectivity index (χ0n) is 17.8. The normalized spacial score (nSPS) is 23.5. The molecule has 0 radical (unpaired) electrons. The summed E-state index contributed by atoms with van der Waals surface area (Å²) in [5.41, 5.74) is -0.813. The lowest BCUT2D eigenvalue weighted by molar-refractivity contribution is -0.136. The number of hydrogen-bond acceptors (Lipinski definition) is 5. The molecule has 0 bridgehead atoms. The number of benzene rings is 1. The van der Waals surface area contributed by atoms with Gasteiger partial charge in [0.1, 0.15) is 5.54 Å². The highest BCUT2D eigenvalue weighted by Gasteiger charge is 2.54. The Labute approximate surface area is 181 Å². The van der Waals surface area contributed by atoms with Crippen LogP contribution in [0.2, 0.25) is 0 Å². The molecule has 4 amide bonds. The fraction of sp³-hybridized carbons (Fsp3) is 0.591. The molecule has 1 spiro atoms. The van der Waals surface area contributed by atoms with Crippen LogP contribution in [0.3, 0.4) is 0 Å². The van der Waals surface area contributed by atoms with Crippen LogP contribution in [0.4, 0.5) is 9.18 Å². The molecular formula is C22H29FN4O4. The first-order valence-electron chi connectivity index (χ1n) is 11.0. The van der Waals surface area contributed by atoms with Gasteiger partial charge in [-0.2, -0.15) is 0 Å². The molecule has 1 unspecified atom stereocenters. The lowest BCUT2D eigenvalue weighted by atomic mass is 9.87. The second kappa shape index (κ2) is 8.82. The number of amides is 4. The molecule has 0 saturated carbocycles. The predicted molar refractivity (Wildman–Crippen MR) is 111 cm³/mol. The van der Waals surface area contributed by atoms with E-state index in [4.69, 9.17) is 4.74 Å². The van der Waals surface area contributed by atoms with Gasteiger partial charge in [0.15, 0.2) is 18.2 Å². The van der Waals surface area contributed by atoms with E-state index >= 15 is 0 Å². The molecule has 1 aromatic carbocycles. The molecule has 9 heteroatoms. The Morgan fingerprint density at radius 1 is 1.23 bits per heavy atom. The van der Waals surface area contributed by atoms with Gasteiger partial charge in [-0.1, -0.05) is 19.1 Å². The summed E-state index contributed by atoms with van der Waals surface area (Å²) in [6, 6.07) is 5.20. The summed E-state index contributed by atoms with van der Waals surface area (Å²) in [6.07, 6.45) is 2.81. The molecule has 3 saturated heterocycles. The van der Waals surface area contributed by atoms with Gasteiger partial charge < -0.3 is 19.9 Å².